The van der Waals surface area contributed by atoms with E-state index in [0.717, 1.165) is 0 Å². The highest BCUT2D eigenvalue weighted by molar-refractivity contribution is 5.52. The van der Waals surface area contributed by atoms with Crippen molar-refractivity contribution in [3.05, 3.63) is 40.9 Å². The normalized spacial score (nSPS) is 10.2. The number of nitrogens with zero attached hydrogens (tertiary/aromatic N) is 2. The maximum absolute atomic E-state index is 12.0. The zero-order valence-electron chi connectivity index (χ0n) is 10.8. The van der Waals surface area contributed by atoms with Crippen molar-refractivity contribution in [2.75, 3.05) is 12.8 Å². The van der Waals surface area contributed by atoms with Crippen LogP contribution in [0.4, 0.5) is 5.69 Å². The highest BCUT2D eigenvalue weighted by Crippen LogP contribution is 2.31. The number of nitrogen functional groups attached to an aromatic ring is 1. The lowest BCUT2D eigenvalue weighted by Crippen LogP contribution is -2.20. The molecule has 1 heterocycles. The number of rotatable bonds is 4. The summed E-state index contributed by atoms with van der Waals surface area (Å²) in [5.41, 5.74) is 5.91. The summed E-state index contributed by atoms with van der Waals surface area (Å²) in [4.78, 5) is 15.9. The van der Waals surface area contributed by atoms with Crippen LogP contribution in [0.1, 0.15) is 6.92 Å². The van der Waals surface area contributed by atoms with Gasteiger partial charge in [0.1, 0.15) is 0 Å². The Hall–Kier alpha value is -2.50. The molecule has 0 spiro atoms. The summed E-state index contributed by atoms with van der Waals surface area (Å²) in [5, 5.41) is 0. The second kappa shape index (κ2) is 5.43. The first-order valence-corrected chi connectivity index (χ1v) is 5.82. The molecule has 0 aliphatic heterocycles. The number of ether oxygens (including phenoxy) is 2. The van der Waals surface area contributed by atoms with Crippen LogP contribution in [0.3, 0.4) is 0 Å². The van der Waals surface area contributed by atoms with Gasteiger partial charge in [-0.3, -0.25) is 4.79 Å². The lowest BCUT2D eigenvalue weighted by Gasteiger charge is -2.10. The Bertz CT molecular complexity index is 637. The third-order valence-corrected chi connectivity index (χ3v) is 2.62. The number of aromatic nitrogens is 2. The SMILES string of the molecule is CCn1ccnc(Oc2cc(N)ccc2OC)c1=O. The first-order valence-electron chi connectivity index (χ1n) is 5.82. The van der Waals surface area contributed by atoms with E-state index in [1.807, 2.05) is 6.92 Å². The Morgan fingerprint density at radius 3 is 2.84 bits per heavy atom. The largest absolute Gasteiger partial charge is 0.493 e. The van der Waals surface area contributed by atoms with Crippen molar-refractivity contribution in [3.8, 4) is 17.4 Å². The molecule has 0 unspecified atom stereocenters. The van der Waals surface area contributed by atoms with Gasteiger partial charge in [-0.15, -0.1) is 0 Å². The van der Waals surface area contributed by atoms with Crippen LogP contribution in [0.5, 0.6) is 17.4 Å². The van der Waals surface area contributed by atoms with E-state index in [1.54, 1.807) is 24.4 Å². The van der Waals surface area contributed by atoms with Gasteiger partial charge >= 0.3 is 5.56 Å². The van der Waals surface area contributed by atoms with Gasteiger partial charge in [-0.25, -0.2) is 4.98 Å². The molecule has 2 rings (SSSR count). The molecule has 0 saturated heterocycles. The average Bonchev–Trinajstić information content (AvgIpc) is 2.41. The number of hydrogen-bond acceptors (Lipinski definition) is 5. The first kappa shape index (κ1) is 12.9. The summed E-state index contributed by atoms with van der Waals surface area (Å²) in [7, 11) is 1.52. The van der Waals surface area contributed by atoms with E-state index >= 15 is 0 Å². The smallest absolute Gasteiger partial charge is 0.313 e. The molecule has 0 saturated carbocycles. The third-order valence-electron chi connectivity index (χ3n) is 2.62. The van der Waals surface area contributed by atoms with Crippen molar-refractivity contribution in [2.24, 2.45) is 0 Å². The van der Waals surface area contributed by atoms with Gasteiger partial charge < -0.3 is 19.8 Å². The van der Waals surface area contributed by atoms with Crippen LogP contribution < -0.4 is 20.8 Å². The van der Waals surface area contributed by atoms with Gasteiger partial charge in [0.05, 0.1) is 7.11 Å². The predicted octanol–water partition coefficient (Wildman–Crippen LogP) is 1.65. The summed E-state index contributed by atoms with van der Waals surface area (Å²) < 4.78 is 12.2. The molecule has 0 radical (unpaired) electrons. The topological polar surface area (TPSA) is 79.4 Å². The standard InChI is InChI=1S/C13H15N3O3/c1-3-16-7-6-15-12(13(16)17)19-11-8-9(14)4-5-10(11)18-2/h4-8H,3,14H2,1-2H3. The quantitative estimate of drug-likeness (QED) is 0.846. The maximum atomic E-state index is 12.0. The van der Waals surface area contributed by atoms with E-state index < -0.39 is 0 Å². The number of anilines is 1. The molecule has 0 aliphatic rings. The highest BCUT2D eigenvalue weighted by Gasteiger charge is 2.11. The average molecular weight is 261 g/mol. The molecule has 2 N–H and O–H groups in total. The van der Waals surface area contributed by atoms with E-state index in [1.165, 1.54) is 17.9 Å². The zero-order valence-corrected chi connectivity index (χ0v) is 10.8. The number of benzene rings is 1. The molecule has 19 heavy (non-hydrogen) atoms. The molecule has 0 aliphatic carbocycles. The third kappa shape index (κ3) is 2.67. The highest BCUT2D eigenvalue weighted by atomic mass is 16.5. The van der Waals surface area contributed by atoms with Crippen molar-refractivity contribution in [3.63, 3.8) is 0 Å². The molecule has 100 valence electrons. The number of aryl methyl sites for hydroxylation is 1. The van der Waals surface area contributed by atoms with Gasteiger partial charge in [0.25, 0.3) is 5.88 Å². The fraction of sp³-hybridized carbons (Fsp3) is 0.231. The Morgan fingerprint density at radius 2 is 2.16 bits per heavy atom. The summed E-state index contributed by atoms with van der Waals surface area (Å²) >= 11 is 0. The van der Waals surface area contributed by atoms with Crippen LogP contribution in [-0.4, -0.2) is 16.7 Å². The summed E-state index contributed by atoms with van der Waals surface area (Å²) in [5.74, 6) is 0.844. The van der Waals surface area contributed by atoms with Crippen molar-refractivity contribution in [1.82, 2.24) is 9.55 Å². The zero-order chi connectivity index (χ0) is 13.8. The minimum absolute atomic E-state index is 0.00625. The van der Waals surface area contributed by atoms with Crippen LogP contribution >= 0.6 is 0 Å². The van der Waals surface area contributed by atoms with Gasteiger partial charge in [-0.2, -0.15) is 0 Å². The van der Waals surface area contributed by atoms with Crippen LogP contribution in [-0.2, 0) is 6.54 Å². The molecule has 2 aromatic rings. The van der Waals surface area contributed by atoms with E-state index in [0.29, 0.717) is 23.7 Å². The van der Waals surface area contributed by atoms with Crippen LogP contribution in [0.2, 0.25) is 0 Å². The Balaban J connectivity index is 2.41. The van der Waals surface area contributed by atoms with E-state index in [9.17, 15) is 4.79 Å². The van der Waals surface area contributed by atoms with Gasteiger partial charge in [0.2, 0.25) is 0 Å². The van der Waals surface area contributed by atoms with Gasteiger partial charge in [-0.05, 0) is 19.1 Å². The second-order valence-electron chi connectivity index (χ2n) is 3.84. The van der Waals surface area contributed by atoms with Gasteiger partial charge in [0, 0.05) is 30.7 Å². The molecule has 0 fully saturated rings. The fourth-order valence-corrected chi connectivity index (χ4v) is 1.62. The monoisotopic (exact) mass is 261 g/mol. The molecule has 1 aromatic heterocycles. The molecular weight excluding hydrogens is 246 g/mol. The minimum Gasteiger partial charge on any atom is -0.493 e. The van der Waals surface area contributed by atoms with E-state index in [4.69, 9.17) is 15.2 Å². The summed E-state index contributed by atoms with van der Waals surface area (Å²) in [6, 6.07) is 4.95. The van der Waals surface area contributed by atoms with Crippen molar-refractivity contribution in [2.45, 2.75) is 13.5 Å². The van der Waals surface area contributed by atoms with Crippen LogP contribution in [0.25, 0.3) is 0 Å². The van der Waals surface area contributed by atoms with Gasteiger partial charge in [0.15, 0.2) is 11.5 Å². The lowest BCUT2D eigenvalue weighted by molar-refractivity contribution is 0.370. The summed E-state index contributed by atoms with van der Waals surface area (Å²) in [6.45, 7) is 2.41. The minimum atomic E-state index is -0.297. The lowest BCUT2D eigenvalue weighted by atomic mass is 10.3. The predicted molar refractivity (Wildman–Crippen MR) is 71.7 cm³/mol. The Morgan fingerprint density at radius 1 is 1.37 bits per heavy atom. The molecular formula is C13H15N3O3. The van der Waals surface area contributed by atoms with E-state index in [-0.39, 0.29) is 11.4 Å². The van der Waals surface area contributed by atoms with E-state index in [2.05, 4.69) is 4.98 Å². The Labute approximate surface area is 110 Å². The van der Waals surface area contributed by atoms with Gasteiger partial charge in [-0.1, -0.05) is 0 Å². The summed E-state index contributed by atoms with van der Waals surface area (Å²) in [6.07, 6.45) is 3.12. The molecule has 0 atom stereocenters. The molecule has 1 aromatic carbocycles. The number of hydrogen-bond donors (Lipinski definition) is 1. The number of methoxy groups -OCH3 is 1. The molecule has 0 amide bonds. The second-order valence-corrected chi connectivity index (χ2v) is 3.84. The van der Waals surface area contributed by atoms with Crippen molar-refractivity contribution < 1.29 is 9.47 Å². The number of nitrogens with two attached hydrogens (primary N) is 1. The first-order chi connectivity index (χ1) is 9.15. The van der Waals surface area contributed by atoms with Crippen LogP contribution in [0.15, 0.2) is 35.4 Å². The maximum Gasteiger partial charge on any atom is 0.313 e. The fourth-order valence-electron chi connectivity index (χ4n) is 1.62. The Kier molecular flexibility index (Phi) is 3.70. The van der Waals surface area contributed by atoms with Crippen molar-refractivity contribution >= 4 is 5.69 Å². The molecule has 6 heteroatoms. The molecule has 0 bridgehead atoms. The van der Waals surface area contributed by atoms with Crippen molar-refractivity contribution in [1.29, 1.82) is 0 Å². The molecule has 6 nitrogen and oxygen atoms in total. The van der Waals surface area contributed by atoms with Crippen LogP contribution in [0, 0.1) is 0 Å².